The zero-order chi connectivity index (χ0) is 25.5. The third-order valence-electron chi connectivity index (χ3n) is 5.41. The summed E-state index contributed by atoms with van der Waals surface area (Å²) in [4.78, 5) is 33.9. The topological polar surface area (TPSA) is 108 Å². The number of unbranched alkanes of at least 4 members (excludes halogenated alkanes) is 12. The summed E-state index contributed by atoms with van der Waals surface area (Å²) >= 11 is 0. The summed E-state index contributed by atoms with van der Waals surface area (Å²) in [6.07, 6.45) is 14.8. The van der Waals surface area contributed by atoms with E-state index in [1.165, 1.54) is 44.9 Å². The summed E-state index contributed by atoms with van der Waals surface area (Å²) in [5.74, 6) is -0.812. The lowest BCUT2D eigenvalue weighted by Gasteiger charge is -2.19. The second-order valence-corrected chi connectivity index (χ2v) is 10.2. The summed E-state index contributed by atoms with van der Waals surface area (Å²) in [5, 5.41) is 0. The lowest BCUT2D eigenvalue weighted by Crippen LogP contribution is -2.29. The number of esters is 2. The fraction of sp³-hybridized carbons (Fsp3) is 0.920. The molecular formula is C25H49O8P. The van der Waals surface area contributed by atoms with Crippen LogP contribution in [-0.4, -0.2) is 42.8 Å². The van der Waals surface area contributed by atoms with Crippen LogP contribution < -0.4 is 0 Å². The van der Waals surface area contributed by atoms with Crippen LogP contribution in [0, 0.1) is 0 Å². The van der Waals surface area contributed by atoms with Crippen LogP contribution in [0.2, 0.25) is 0 Å². The van der Waals surface area contributed by atoms with Crippen molar-refractivity contribution in [3.63, 3.8) is 0 Å². The fourth-order valence-corrected chi connectivity index (χ4v) is 4.21. The Labute approximate surface area is 207 Å². The predicted octanol–water partition coefficient (Wildman–Crippen LogP) is 6.88. The Morgan fingerprint density at radius 2 is 1.15 bits per heavy atom. The van der Waals surface area contributed by atoms with Gasteiger partial charge in [-0.15, -0.1) is 0 Å². The Morgan fingerprint density at radius 3 is 1.65 bits per heavy atom. The van der Waals surface area contributed by atoms with Crippen LogP contribution in [0.1, 0.15) is 124 Å². The van der Waals surface area contributed by atoms with Gasteiger partial charge in [-0.3, -0.25) is 18.6 Å². The molecule has 0 spiro atoms. The van der Waals surface area contributed by atoms with Gasteiger partial charge in [0.05, 0.1) is 13.2 Å². The third kappa shape index (κ3) is 21.6. The van der Waals surface area contributed by atoms with Crippen molar-refractivity contribution >= 4 is 19.8 Å². The second-order valence-electron chi connectivity index (χ2n) is 8.72. The van der Waals surface area contributed by atoms with Gasteiger partial charge in [0.1, 0.15) is 6.61 Å². The molecule has 1 N–H and O–H groups in total. The van der Waals surface area contributed by atoms with Crippen LogP contribution in [0.25, 0.3) is 0 Å². The summed E-state index contributed by atoms with van der Waals surface area (Å²) < 4.78 is 32.0. The van der Waals surface area contributed by atoms with Crippen molar-refractivity contribution in [2.45, 2.75) is 130 Å². The van der Waals surface area contributed by atoms with E-state index >= 15 is 0 Å². The molecule has 2 atom stereocenters. The number of carbonyl (C=O) groups is 2. The Balaban J connectivity index is 4.35. The normalized spacial score (nSPS) is 13.9. The van der Waals surface area contributed by atoms with E-state index < -0.39 is 19.9 Å². The van der Waals surface area contributed by atoms with Crippen LogP contribution in [0.3, 0.4) is 0 Å². The maximum atomic E-state index is 12.2. The Bertz CT molecular complexity index is 555. The Kier molecular flexibility index (Phi) is 21.9. The van der Waals surface area contributed by atoms with Crippen molar-refractivity contribution in [1.82, 2.24) is 0 Å². The van der Waals surface area contributed by atoms with E-state index in [0.29, 0.717) is 12.8 Å². The maximum Gasteiger partial charge on any atom is 0.472 e. The van der Waals surface area contributed by atoms with Crippen molar-refractivity contribution in [2.24, 2.45) is 0 Å². The molecule has 34 heavy (non-hydrogen) atoms. The smallest absolute Gasteiger partial charge is 0.462 e. The first-order valence-electron chi connectivity index (χ1n) is 13.3. The molecule has 0 aromatic rings. The highest BCUT2D eigenvalue weighted by molar-refractivity contribution is 7.47. The average Bonchev–Trinajstić information content (AvgIpc) is 2.79. The molecule has 0 radical (unpaired) electrons. The highest BCUT2D eigenvalue weighted by Gasteiger charge is 2.25. The van der Waals surface area contributed by atoms with Gasteiger partial charge in [0.15, 0.2) is 6.10 Å². The summed E-state index contributed by atoms with van der Waals surface area (Å²) in [7, 11) is -4.24. The van der Waals surface area contributed by atoms with Gasteiger partial charge in [0.25, 0.3) is 0 Å². The molecule has 2 unspecified atom stereocenters. The number of rotatable bonds is 24. The minimum atomic E-state index is -4.24. The van der Waals surface area contributed by atoms with Crippen molar-refractivity contribution in [2.75, 3.05) is 19.8 Å². The largest absolute Gasteiger partial charge is 0.472 e. The highest BCUT2D eigenvalue weighted by atomic mass is 31.2. The molecule has 0 aliphatic heterocycles. The summed E-state index contributed by atoms with van der Waals surface area (Å²) in [6.45, 7) is 5.32. The van der Waals surface area contributed by atoms with Gasteiger partial charge >= 0.3 is 19.8 Å². The van der Waals surface area contributed by atoms with Crippen LogP contribution in [0.15, 0.2) is 0 Å². The molecule has 0 heterocycles. The molecule has 0 saturated heterocycles. The van der Waals surface area contributed by atoms with Gasteiger partial charge in [-0.05, 0) is 19.8 Å². The zero-order valence-corrected chi connectivity index (χ0v) is 22.7. The first kappa shape index (κ1) is 33.0. The second kappa shape index (κ2) is 22.5. The molecule has 0 saturated carbocycles. The minimum Gasteiger partial charge on any atom is -0.462 e. The first-order chi connectivity index (χ1) is 16.3. The predicted molar refractivity (Wildman–Crippen MR) is 133 cm³/mol. The van der Waals surface area contributed by atoms with Gasteiger partial charge in [-0.2, -0.15) is 0 Å². The van der Waals surface area contributed by atoms with Crippen LogP contribution >= 0.6 is 7.82 Å². The third-order valence-corrected chi connectivity index (χ3v) is 6.47. The van der Waals surface area contributed by atoms with Gasteiger partial charge in [-0.25, -0.2) is 4.57 Å². The van der Waals surface area contributed by atoms with E-state index in [0.717, 1.165) is 38.5 Å². The molecule has 0 fully saturated rings. The molecule has 0 aromatic carbocycles. The molecule has 202 valence electrons. The monoisotopic (exact) mass is 508 g/mol. The quantitative estimate of drug-likeness (QED) is 0.0854. The van der Waals surface area contributed by atoms with E-state index in [2.05, 4.69) is 18.4 Å². The molecule has 8 nitrogen and oxygen atoms in total. The van der Waals surface area contributed by atoms with Crippen molar-refractivity contribution in [3.05, 3.63) is 0 Å². The molecule has 9 heteroatoms. The molecule has 0 aliphatic rings. The summed E-state index contributed by atoms with van der Waals surface area (Å²) in [6, 6.07) is 0. The Hall–Kier alpha value is -0.950. The first-order valence-corrected chi connectivity index (χ1v) is 14.8. The van der Waals surface area contributed by atoms with Crippen LogP contribution in [-0.2, 0) is 32.7 Å². The number of hydrogen-bond donors (Lipinski definition) is 1. The van der Waals surface area contributed by atoms with E-state index in [4.69, 9.17) is 14.0 Å². The van der Waals surface area contributed by atoms with Crippen molar-refractivity contribution < 1.29 is 37.6 Å². The molecule has 0 aromatic heterocycles. The van der Waals surface area contributed by atoms with Crippen molar-refractivity contribution in [3.8, 4) is 0 Å². The van der Waals surface area contributed by atoms with Gasteiger partial charge in [-0.1, -0.05) is 90.9 Å². The van der Waals surface area contributed by atoms with Gasteiger partial charge in [0.2, 0.25) is 0 Å². The number of ether oxygens (including phenoxy) is 2. The van der Waals surface area contributed by atoms with E-state index in [1.54, 1.807) is 6.92 Å². The number of phosphoric ester groups is 1. The van der Waals surface area contributed by atoms with E-state index in [1.807, 2.05) is 0 Å². The molecule has 0 amide bonds. The van der Waals surface area contributed by atoms with Crippen LogP contribution in [0.4, 0.5) is 0 Å². The van der Waals surface area contributed by atoms with E-state index in [-0.39, 0.29) is 32.2 Å². The van der Waals surface area contributed by atoms with Crippen LogP contribution in [0.5, 0.6) is 0 Å². The molecule has 0 bridgehead atoms. The highest BCUT2D eigenvalue weighted by Crippen LogP contribution is 2.43. The summed E-state index contributed by atoms with van der Waals surface area (Å²) in [5.41, 5.74) is 0. The number of carbonyl (C=O) groups excluding carboxylic acids is 2. The molecule has 0 rings (SSSR count). The maximum absolute atomic E-state index is 12.2. The van der Waals surface area contributed by atoms with Gasteiger partial charge in [0, 0.05) is 12.8 Å². The number of hydrogen-bond acceptors (Lipinski definition) is 7. The molecular weight excluding hydrogens is 459 g/mol. The molecule has 0 aliphatic carbocycles. The van der Waals surface area contributed by atoms with Crippen molar-refractivity contribution in [1.29, 1.82) is 0 Å². The van der Waals surface area contributed by atoms with E-state index in [9.17, 15) is 19.0 Å². The lowest BCUT2D eigenvalue weighted by atomic mass is 10.1. The average molecular weight is 509 g/mol. The minimum absolute atomic E-state index is 0.00389. The Morgan fingerprint density at radius 1 is 0.676 bits per heavy atom. The zero-order valence-electron chi connectivity index (χ0n) is 21.8. The SMILES string of the molecule is CCCCCCCCCC(=O)OCC(COP(=O)(O)OCC)OC(=O)CCCCCCCCC. The van der Waals surface area contributed by atoms with Gasteiger partial charge < -0.3 is 14.4 Å². The lowest BCUT2D eigenvalue weighted by molar-refractivity contribution is -0.161. The fourth-order valence-electron chi connectivity index (χ4n) is 3.45. The number of phosphoric acid groups is 1. The standard InChI is InChI=1S/C25H49O8P/c1-4-7-9-11-13-15-17-19-24(26)30-21-23(22-32-34(28,29)31-6-3)33-25(27)20-18-16-14-12-10-8-5-2/h23H,4-22H2,1-3H3,(H,28,29).